The Kier molecular flexibility index (Phi) is 5.21. The highest BCUT2D eigenvalue weighted by molar-refractivity contribution is 5.97. The van der Waals surface area contributed by atoms with E-state index in [1.807, 2.05) is 0 Å². The Morgan fingerprint density at radius 2 is 1.93 bits per heavy atom. The van der Waals surface area contributed by atoms with Crippen LogP contribution in [0.1, 0.15) is 36.0 Å². The first kappa shape index (κ1) is 18.7. The molecular formula is C20H26N4O4. The van der Waals surface area contributed by atoms with Gasteiger partial charge in [-0.2, -0.15) is 0 Å². The van der Waals surface area contributed by atoms with Crippen LogP contribution in [0.3, 0.4) is 0 Å². The molecule has 1 aromatic carbocycles. The molecule has 0 atom stereocenters. The van der Waals surface area contributed by atoms with Crippen molar-refractivity contribution >= 4 is 23.6 Å². The smallest absolute Gasteiger partial charge is 0.321 e. The van der Waals surface area contributed by atoms with E-state index in [2.05, 4.69) is 15.5 Å². The molecule has 1 aliphatic heterocycles. The van der Waals surface area contributed by atoms with Crippen LogP contribution < -0.4 is 15.5 Å². The summed E-state index contributed by atoms with van der Waals surface area (Å²) in [6.07, 6.45) is 3.96. The maximum atomic E-state index is 12.5. The number of urea groups is 1. The summed E-state index contributed by atoms with van der Waals surface area (Å²) in [7, 11) is 0. The molecule has 2 aliphatic carbocycles. The highest BCUT2D eigenvalue weighted by atomic mass is 16.4. The zero-order chi connectivity index (χ0) is 19.7. The number of anilines is 1. The number of nitrogens with one attached hydrogen (secondary N) is 2. The number of rotatable bonds is 8. The van der Waals surface area contributed by atoms with Crippen LogP contribution in [0.15, 0.2) is 24.3 Å². The summed E-state index contributed by atoms with van der Waals surface area (Å²) >= 11 is 0. The van der Waals surface area contributed by atoms with Crippen LogP contribution in [0.5, 0.6) is 0 Å². The van der Waals surface area contributed by atoms with E-state index in [0.717, 1.165) is 25.1 Å². The molecule has 4 rings (SSSR count). The molecule has 0 spiro atoms. The van der Waals surface area contributed by atoms with Crippen molar-refractivity contribution in [3.05, 3.63) is 29.8 Å². The van der Waals surface area contributed by atoms with Crippen LogP contribution in [-0.2, 0) is 4.79 Å². The number of carbonyl (C=O) groups is 3. The van der Waals surface area contributed by atoms with E-state index in [-0.39, 0.29) is 30.6 Å². The van der Waals surface area contributed by atoms with Gasteiger partial charge in [0, 0.05) is 43.0 Å². The van der Waals surface area contributed by atoms with Gasteiger partial charge in [0.25, 0.3) is 5.91 Å². The van der Waals surface area contributed by atoms with E-state index in [9.17, 15) is 14.4 Å². The number of benzene rings is 1. The van der Waals surface area contributed by atoms with E-state index in [1.165, 1.54) is 12.8 Å². The van der Waals surface area contributed by atoms with Gasteiger partial charge in [-0.05, 0) is 55.9 Å². The minimum absolute atomic E-state index is 0.0768. The number of amides is 3. The van der Waals surface area contributed by atoms with Gasteiger partial charge < -0.3 is 15.7 Å². The van der Waals surface area contributed by atoms with Gasteiger partial charge in [-0.15, -0.1) is 0 Å². The van der Waals surface area contributed by atoms with Crippen molar-refractivity contribution in [2.75, 3.05) is 31.1 Å². The zero-order valence-electron chi connectivity index (χ0n) is 15.8. The molecule has 8 heteroatoms. The minimum atomic E-state index is -0.792. The summed E-state index contributed by atoms with van der Waals surface area (Å²) in [6, 6.07) is 7.23. The van der Waals surface area contributed by atoms with Crippen molar-refractivity contribution in [2.45, 2.75) is 37.8 Å². The van der Waals surface area contributed by atoms with Crippen LogP contribution in [0.4, 0.5) is 10.5 Å². The number of hydrogen-bond donors (Lipinski definition) is 3. The Balaban J connectivity index is 1.27. The monoisotopic (exact) mass is 386 g/mol. The van der Waals surface area contributed by atoms with Crippen molar-refractivity contribution in [3.63, 3.8) is 0 Å². The van der Waals surface area contributed by atoms with Gasteiger partial charge in [0.15, 0.2) is 0 Å². The fraction of sp³-hybridized carbons (Fsp3) is 0.550. The first-order chi connectivity index (χ1) is 13.5. The van der Waals surface area contributed by atoms with Gasteiger partial charge in [-0.25, -0.2) is 4.79 Å². The first-order valence-electron chi connectivity index (χ1n) is 9.91. The predicted octanol–water partition coefficient (Wildman–Crippen LogP) is 1.27. The fourth-order valence-electron chi connectivity index (χ4n) is 3.93. The molecule has 1 heterocycles. The number of hydrogen-bond acceptors (Lipinski definition) is 4. The van der Waals surface area contributed by atoms with Gasteiger partial charge in [-0.3, -0.25) is 19.4 Å². The van der Waals surface area contributed by atoms with Gasteiger partial charge >= 0.3 is 12.0 Å². The lowest BCUT2D eigenvalue weighted by Gasteiger charge is -2.42. The normalized spacial score (nSPS) is 24.0. The third kappa shape index (κ3) is 4.27. The van der Waals surface area contributed by atoms with E-state index in [0.29, 0.717) is 24.6 Å². The van der Waals surface area contributed by atoms with E-state index in [4.69, 9.17) is 5.11 Å². The van der Waals surface area contributed by atoms with E-state index in [1.54, 1.807) is 29.2 Å². The Bertz CT molecular complexity index is 756. The average molecular weight is 386 g/mol. The molecule has 0 aromatic heterocycles. The largest absolute Gasteiger partial charge is 0.480 e. The van der Waals surface area contributed by atoms with Crippen molar-refractivity contribution in [2.24, 2.45) is 5.92 Å². The summed E-state index contributed by atoms with van der Waals surface area (Å²) in [5.41, 5.74) is 1.34. The predicted molar refractivity (Wildman–Crippen MR) is 103 cm³/mol. The lowest BCUT2D eigenvalue weighted by atomic mass is 9.85. The lowest BCUT2D eigenvalue weighted by molar-refractivity contribution is -0.139. The molecule has 8 nitrogen and oxygen atoms in total. The molecule has 1 saturated heterocycles. The SMILES string of the molecule is O=C(O)CN(CC1CC1)C1CC(NC(=O)c2ccc(N3CCNC3=O)cc2)C1. The Hall–Kier alpha value is -2.61. The number of carboxylic acids is 1. The molecule has 150 valence electrons. The molecule has 3 aliphatic rings. The molecule has 0 radical (unpaired) electrons. The Labute approximate surface area is 163 Å². The Morgan fingerprint density at radius 1 is 1.21 bits per heavy atom. The molecule has 0 unspecified atom stereocenters. The molecule has 2 saturated carbocycles. The fourth-order valence-corrected chi connectivity index (χ4v) is 3.93. The van der Waals surface area contributed by atoms with Gasteiger partial charge in [0.05, 0.1) is 6.54 Å². The summed E-state index contributed by atoms with van der Waals surface area (Å²) in [6.45, 7) is 2.18. The highest BCUT2D eigenvalue weighted by Crippen LogP contribution is 2.33. The summed E-state index contributed by atoms with van der Waals surface area (Å²) < 4.78 is 0. The highest BCUT2D eigenvalue weighted by Gasteiger charge is 2.37. The molecule has 3 amide bonds. The standard InChI is InChI=1S/C20H26N4O4/c25-18(26)12-23(11-13-1-2-13)17-9-15(10-17)22-19(27)14-3-5-16(6-4-14)24-8-7-21-20(24)28/h3-6,13,15,17H,1-2,7-12H2,(H,21,28)(H,22,27)(H,25,26). The van der Waals surface area contributed by atoms with E-state index < -0.39 is 5.97 Å². The quantitative estimate of drug-likeness (QED) is 0.625. The lowest BCUT2D eigenvalue weighted by Crippen LogP contribution is -2.55. The third-order valence-electron chi connectivity index (χ3n) is 5.79. The number of nitrogens with zero attached hydrogens (tertiary/aromatic N) is 2. The van der Waals surface area contributed by atoms with E-state index >= 15 is 0 Å². The average Bonchev–Trinajstić information content (AvgIpc) is 3.34. The van der Waals surface area contributed by atoms with Crippen molar-refractivity contribution in [1.29, 1.82) is 0 Å². The molecule has 1 aromatic rings. The van der Waals surface area contributed by atoms with Crippen molar-refractivity contribution in [1.82, 2.24) is 15.5 Å². The second-order valence-electron chi connectivity index (χ2n) is 7.99. The topological polar surface area (TPSA) is 102 Å². The molecule has 28 heavy (non-hydrogen) atoms. The van der Waals surface area contributed by atoms with Crippen LogP contribution in [0.2, 0.25) is 0 Å². The molecular weight excluding hydrogens is 360 g/mol. The minimum Gasteiger partial charge on any atom is -0.480 e. The summed E-state index contributed by atoms with van der Waals surface area (Å²) in [4.78, 5) is 39.0. The third-order valence-corrected chi connectivity index (χ3v) is 5.79. The van der Waals surface area contributed by atoms with Crippen LogP contribution in [0, 0.1) is 5.92 Å². The number of carboxylic acid groups (broad SMARTS) is 1. The summed E-state index contributed by atoms with van der Waals surface area (Å²) in [5.74, 6) is -0.281. The number of carbonyl (C=O) groups excluding carboxylic acids is 2. The Morgan fingerprint density at radius 3 is 2.50 bits per heavy atom. The maximum Gasteiger partial charge on any atom is 0.321 e. The molecule has 0 bridgehead atoms. The van der Waals surface area contributed by atoms with Gasteiger partial charge in [0.1, 0.15) is 0 Å². The summed E-state index contributed by atoms with van der Waals surface area (Å²) in [5, 5.41) is 14.9. The second kappa shape index (κ2) is 7.79. The van der Waals surface area contributed by atoms with Gasteiger partial charge in [-0.1, -0.05) is 0 Å². The zero-order valence-corrected chi connectivity index (χ0v) is 15.8. The molecule has 3 N–H and O–H groups in total. The van der Waals surface area contributed by atoms with Gasteiger partial charge in [0.2, 0.25) is 0 Å². The van der Waals surface area contributed by atoms with Crippen molar-refractivity contribution < 1.29 is 19.5 Å². The second-order valence-corrected chi connectivity index (χ2v) is 7.99. The molecule has 3 fully saturated rings. The first-order valence-corrected chi connectivity index (χ1v) is 9.91. The van der Waals surface area contributed by atoms with Crippen LogP contribution in [0.25, 0.3) is 0 Å². The van der Waals surface area contributed by atoms with Crippen LogP contribution in [-0.4, -0.2) is 66.2 Å². The van der Waals surface area contributed by atoms with Crippen LogP contribution >= 0.6 is 0 Å². The number of aliphatic carboxylic acids is 1. The van der Waals surface area contributed by atoms with Crippen molar-refractivity contribution in [3.8, 4) is 0 Å². The maximum absolute atomic E-state index is 12.5.